The third kappa shape index (κ3) is 1.77. The van der Waals surface area contributed by atoms with E-state index in [1.54, 1.807) is 12.4 Å². The first kappa shape index (κ1) is 8.20. The van der Waals surface area contributed by atoms with Crippen molar-refractivity contribution in [2.45, 2.75) is 6.92 Å². The average molecular weight is 169 g/mol. The summed E-state index contributed by atoms with van der Waals surface area (Å²) in [6.07, 6.45) is 3.53. The SMILES string of the molecule is CCN(C)C(=S)c1cn[nH]c1. The van der Waals surface area contributed by atoms with Crippen LogP contribution in [0.25, 0.3) is 0 Å². The lowest BCUT2D eigenvalue weighted by Crippen LogP contribution is -2.24. The lowest BCUT2D eigenvalue weighted by atomic mass is 10.3. The number of thiocarbonyl (C=S) groups is 1. The van der Waals surface area contributed by atoms with Crippen LogP contribution in [-0.2, 0) is 0 Å². The lowest BCUT2D eigenvalue weighted by molar-refractivity contribution is 0.546. The second-order valence-corrected chi connectivity index (χ2v) is 2.69. The summed E-state index contributed by atoms with van der Waals surface area (Å²) in [4.78, 5) is 2.83. The van der Waals surface area contributed by atoms with Gasteiger partial charge in [-0.2, -0.15) is 5.10 Å². The van der Waals surface area contributed by atoms with Crippen molar-refractivity contribution >= 4 is 17.2 Å². The van der Waals surface area contributed by atoms with Gasteiger partial charge in [0.25, 0.3) is 0 Å². The minimum atomic E-state index is 0.834. The molecule has 0 fully saturated rings. The van der Waals surface area contributed by atoms with Crippen LogP contribution in [0.1, 0.15) is 12.5 Å². The molecular formula is C7H11N3S. The first-order valence-corrected chi connectivity index (χ1v) is 3.90. The summed E-state index contributed by atoms with van der Waals surface area (Å²) in [6.45, 7) is 2.98. The molecule has 0 aliphatic rings. The predicted octanol–water partition coefficient (Wildman–Crippen LogP) is 1.04. The van der Waals surface area contributed by atoms with Gasteiger partial charge in [-0.05, 0) is 6.92 Å². The molecule has 0 aliphatic heterocycles. The molecule has 0 aliphatic carbocycles. The van der Waals surface area contributed by atoms with Gasteiger partial charge in [-0.15, -0.1) is 0 Å². The summed E-state index contributed by atoms with van der Waals surface area (Å²) in [5.74, 6) is 0. The Morgan fingerprint density at radius 2 is 2.55 bits per heavy atom. The Morgan fingerprint density at radius 3 is 3.00 bits per heavy atom. The minimum absolute atomic E-state index is 0.834. The normalized spacial score (nSPS) is 9.64. The fourth-order valence-corrected chi connectivity index (χ4v) is 0.973. The van der Waals surface area contributed by atoms with E-state index in [9.17, 15) is 0 Å². The quantitative estimate of drug-likeness (QED) is 0.671. The summed E-state index contributed by atoms with van der Waals surface area (Å²) in [7, 11) is 1.97. The first-order valence-electron chi connectivity index (χ1n) is 3.50. The molecule has 0 spiro atoms. The van der Waals surface area contributed by atoms with E-state index >= 15 is 0 Å². The molecule has 4 heteroatoms. The Bertz CT molecular complexity index is 230. The van der Waals surface area contributed by atoms with E-state index in [1.165, 1.54) is 0 Å². The Kier molecular flexibility index (Phi) is 2.59. The maximum Gasteiger partial charge on any atom is 0.112 e. The van der Waals surface area contributed by atoms with Gasteiger partial charge in [-0.1, -0.05) is 12.2 Å². The monoisotopic (exact) mass is 169 g/mol. The van der Waals surface area contributed by atoms with Crippen LogP contribution >= 0.6 is 12.2 Å². The number of hydrogen-bond donors (Lipinski definition) is 1. The largest absolute Gasteiger partial charge is 0.366 e. The van der Waals surface area contributed by atoms with Gasteiger partial charge < -0.3 is 4.90 Å². The Labute approximate surface area is 71.4 Å². The fourth-order valence-electron chi connectivity index (χ4n) is 0.732. The summed E-state index contributed by atoms with van der Waals surface area (Å²) in [5, 5.41) is 6.55. The van der Waals surface area contributed by atoms with Crippen molar-refractivity contribution in [3.63, 3.8) is 0 Å². The molecule has 0 radical (unpaired) electrons. The molecule has 3 nitrogen and oxygen atoms in total. The molecule has 11 heavy (non-hydrogen) atoms. The van der Waals surface area contributed by atoms with Crippen molar-refractivity contribution in [1.82, 2.24) is 15.1 Å². The lowest BCUT2D eigenvalue weighted by Gasteiger charge is -2.15. The molecule has 0 aromatic carbocycles. The van der Waals surface area contributed by atoms with Crippen LogP contribution in [0.15, 0.2) is 12.4 Å². The molecule has 1 heterocycles. The van der Waals surface area contributed by atoms with Gasteiger partial charge in [-0.25, -0.2) is 0 Å². The standard InChI is InChI=1S/C7H11N3S/c1-3-10(2)7(11)6-4-8-9-5-6/h4-5H,3H2,1-2H3,(H,8,9). The molecule has 60 valence electrons. The molecule has 1 aromatic rings. The van der Waals surface area contributed by atoms with Crippen molar-refractivity contribution < 1.29 is 0 Å². The molecular weight excluding hydrogens is 158 g/mol. The third-order valence-electron chi connectivity index (χ3n) is 1.57. The second-order valence-electron chi connectivity index (χ2n) is 2.31. The van der Waals surface area contributed by atoms with Crippen LogP contribution in [0.3, 0.4) is 0 Å². The highest BCUT2D eigenvalue weighted by Gasteiger charge is 2.04. The van der Waals surface area contributed by atoms with E-state index in [0.29, 0.717) is 0 Å². The van der Waals surface area contributed by atoms with Gasteiger partial charge in [0.15, 0.2) is 0 Å². The van der Waals surface area contributed by atoms with E-state index in [2.05, 4.69) is 17.1 Å². The number of rotatable bonds is 2. The highest BCUT2D eigenvalue weighted by atomic mass is 32.1. The fraction of sp³-hybridized carbons (Fsp3) is 0.429. The minimum Gasteiger partial charge on any atom is -0.366 e. The van der Waals surface area contributed by atoms with Crippen LogP contribution in [0, 0.1) is 0 Å². The van der Waals surface area contributed by atoms with Crippen LogP contribution < -0.4 is 0 Å². The van der Waals surface area contributed by atoms with Crippen molar-refractivity contribution in [1.29, 1.82) is 0 Å². The van der Waals surface area contributed by atoms with Crippen molar-refractivity contribution in [2.24, 2.45) is 0 Å². The van der Waals surface area contributed by atoms with E-state index in [-0.39, 0.29) is 0 Å². The highest BCUT2D eigenvalue weighted by molar-refractivity contribution is 7.80. The number of hydrogen-bond acceptors (Lipinski definition) is 2. The van der Waals surface area contributed by atoms with Crippen molar-refractivity contribution in [3.8, 4) is 0 Å². The number of aromatic nitrogens is 2. The van der Waals surface area contributed by atoms with E-state index in [1.807, 2.05) is 11.9 Å². The van der Waals surface area contributed by atoms with Gasteiger partial charge in [0.05, 0.1) is 6.20 Å². The maximum atomic E-state index is 5.16. The summed E-state index contributed by atoms with van der Waals surface area (Å²) in [5.41, 5.74) is 0.976. The summed E-state index contributed by atoms with van der Waals surface area (Å²) in [6, 6.07) is 0. The average Bonchev–Trinajstić information content (AvgIpc) is 2.53. The number of H-pyrrole nitrogens is 1. The van der Waals surface area contributed by atoms with Gasteiger partial charge in [0.2, 0.25) is 0 Å². The first-order chi connectivity index (χ1) is 5.25. The molecule has 1 rings (SSSR count). The van der Waals surface area contributed by atoms with Crippen LogP contribution in [0.4, 0.5) is 0 Å². The number of nitrogens with one attached hydrogen (secondary N) is 1. The van der Waals surface area contributed by atoms with E-state index < -0.39 is 0 Å². The van der Waals surface area contributed by atoms with Gasteiger partial charge >= 0.3 is 0 Å². The maximum absolute atomic E-state index is 5.16. The van der Waals surface area contributed by atoms with E-state index in [0.717, 1.165) is 17.1 Å². The highest BCUT2D eigenvalue weighted by Crippen LogP contribution is 2.00. The number of aromatic amines is 1. The van der Waals surface area contributed by atoms with Crippen LogP contribution in [0.2, 0.25) is 0 Å². The third-order valence-corrected chi connectivity index (χ3v) is 2.11. The van der Waals surface area contributed by atoms with Crippen molar-refractivity contribution in [3.05, 3.63) is 18.0 Å². The van der Waals surface area contributed by atoms with E-state index in [4.69, 9.17) is 12.2 Å². The van der Waals surface area contributed by atoms with Gasteiger partial charge in [-0.3, -0.25) is 5.10 Å². The smallest absolute Gasteiger partial charge is 0.112 e. The second kappa shape index (κ2) is 3.48. The molecule has 0 bridgehead atoms. The Hall–Kier alpha value is -0.900. The predicted molar refractivity (Wildman–Crippen MR) is 48.6 cm³/mol. The molecule has 1 aromatic heterocycles. The van der Waals surface area contributed by atoms with Crippen LogP contribution in [-0.4, -0.2) is 33.7 Å². The number of nitrogens with zero attached hydrogens (tertiary/aromatic N) is 2. The summed E-state index contributed by atoms with van der Waals surface area (Å²) >= 11 is 5.16. The topological polar surface area (TPSA) is 31.9 Å². The Balaban J connectivity index is 2.70. The van der Waals surface area contributed by atoms with Crippen molar-refractivity contribution in [2.75, 3.05) is 13.6 Å². The molecule has 1 N–H and O–H groups in total. The van der Waals surface area contributed by atoms with Crippen LogP contribution in [0.5, 0.6) is 0 Å². The van der Waals surface area contributed by atoms with Gasteiger partial charge in [0.1, 0.15) is 4.99 Å². The molecule has 0 atom stereocenters. The molecule has 0 amide bonds. The molecule has 0 saturated carbocycles. The zero-order valence-electron chi connectivity index (χ0n) is 6.66. The molecule has 0 saturated heterocycles. The zero-order chi connectivity index (χ0) is 8.27. The summed E-state index contributed by atoms with van der Waals surface area (Å²) < 4.78 is 0. The molecule has 0 unspecified atom stereocenters. The zero-order valence-corrected chi connectivity index (χ0v) is 7.48. The Morgan fingerprint density at radius 1 is 1.82 bits per heavy atom. The van der Waals surface area contributed by atoms with Gasteiger partial charge in [0, 0.05) is 25.4 Å².